The second kappa shape index (κ2) is 8.00. The zero-order valence-electron chi connectivity index (χ0n) is 15.5. The van der Waals surface area contributed by atoms with Crippen LogP contribution >= 0.6 is 23.2 Å². The molecule has 4 rings (SSSR count). The Kier molecular flexibility index (Phi) is 5.43. The Hall–Kier alpha value is -2.64. The number of hydrogen-bond acceptors (Lipinski definition) is 5. The number of carbonyl (C=O) groups is 1. The Bertz CT molecular complexity index is 1050. The van der Waals surface area contributed by atoms with Gasteiger partial charge in [0.2, 0.25) is 11.7 Å². The van der Waals surface area contributed by atoms with Crippen molar-refractivity contribution in [2.24, 2.45) is 0 Å². The van der Waals surface area contributed by atoms with Gasteiger partial charge in [0, 0.05) is 35.6 Å². The molecule has 6 nitrogen and oxygen atoms in total. The highest BCUT2D eigenvalue weighted by Gasteiger charge is 2.25. The number of aromatic nitrogens is 2. The maximum atomic E-state index is 13.8. The van der Waals surface area contributed by atoms with E-state index >= 15 is 0 Å². The van der Waals surface area contributed by atoms with Crippen LogP contribution in [0.25, 0.3) is 11.4 Å². The summed E-state index contributed by atoms with van der Waals surface area (Å²) >= 11 is 12.1. The lowest BCUT2D eigenvalue weighted by Gasteiger charge is -2.18. The molecule has 1 N–H and O–H groups in total. The summed E-state index contributed by atoms with van der Waals surface area (Å²) in [6.07, 6.45) is 0.610. The maximum absolute atomic E-state index is 13.8. The first-order valence-electron chi connectivity index (χ1n) is 8.99. The molecule has 2 heterocycles. The number of halogens is 3. The number of carbonyl (C=O) groups excluding carboxylic acids is 1. The fourth-order valence-corrected chi connectivity index (χ4v) is 3.95. The Balaban J connectivity index is 1.61. The quantitative estimate of drug-likeness (QED) is 0.621. The molecule has 0 bridgehead atoms. The summed E-state index contributed by atoms with van der Waals surface area (Å²) in [4.78, 5) is 17.9. The van der Waals surface area contributed by atoms with Gasteiger partial charge in [0.05, 0.1) is 6.04 Å². The predicted octanol–water partition coefficient (Wildman–Crippen LogP) is 5.09. The number of nitrogens with one attached hydrogen (secondary N) is 1. The highest BCUT2D eigenvalue weighted by atomic mass is 35.5. The average Bonchev–Trinajstić information content (AvgIpc) is 3.04. The Morgan fingerprint density at radius 1 is 1.24 bits per heavy atom. The molecule has 1 amide bonds. The van der Waals surface area contributed by atoms with E-state index in [4.69, 9.17) is 27.7 Å². The van der Waals surface area contributed by atoms with Crippen molar-refractivity contribution < 1.29 is 13.7 Å². The van der Waals surface area contributed by atoms with Crippen molar-refractivity contribution >= 4 is 35.1 Å². The van der Waals surface area contributed by atoms with Gasteiger partial charge in [0.1, 0.15) is 5.82 Å². The average molecular weight is 435 g/mol. The van der Waals surface area contributed by atoms with Crippen molar-refractivity contribution in [1.82, 2.24) is 15.0 Å². The van der Waals surface area contributed by atoms with E-state index in [0.717, 1.165) is 11.1 Å². The lowest BCUT2D eigenvalue weighted by molar-refractivity contribution is -0.129. The first-order valence-corrected chi connectivity index (χ1v) is 9.75. The van der Waals surface area contributed by atoms with E-state index in [9.17, 15) is 9.18 Å². The van der Waals surface area contributed by atoms with Gasteiger partial charge >= 0.3 is 6.01 Å². The molecule has 0 saturated heterocycles. The van der Waals surface area contributed by atoms with Crippen LogP contribution < -0.4 is 5.32 Å². The van der Waals surface area contributed by atoms with Gasteiger partial charge in [-0.1, -0.05) is 34.4 Å². The van der Waals surface area contributed by atoms with E-state index < -0.39 is 0 Å². The van der Waals surface area contributed by atoms with Gasteiger partial charge in [-0.3, -0.25) is 4.79 Å². The molecule has 0 aliphatic carbocycles. The SMILES string of the molecule is CC(=O)N1CCC(Nc2nc(-c3cc(Cl)cc(Cl)c3)no2)c2ccc(F)cc2C1. The molecule has 0 radical (unpaired) electrons. The molecular formula is C20H17Cl2FN4O2. The van der Waals surface area contributed by atoms with Gasteiger partial charge in [-0.2, -0.15) is 4.98 Å². The molecule has 1 aliphatic heterocycles. The molecule has 0 fully saturated rings. The van der Waals surface area contributed by atoms with Crippen LogP contribution in [0.4, 0.5) is 10.4 Å². The fraction of sp³-hybridized carbons (Fsp3) is 0.250. The second-order valence-electron chi connectivity index (χ2n) is 6.85. The van der Waals surface area contributed by atoms with Crippen molar-refractivity contribution in [3.63, 3.8) is 0 Å². The molecule has 2 aromatic carbocycles. The van der Waals surface area contributed by atoms with Gasteiger partial charge in [-0.05, 0) is 47.9 Å². The van der Waals surface area contributed by atoms with E-state index in [2.05, 4.69) is 15.5 Å². The van der Waals surface area contributed by atoms with Crippen molar-refractivity contribution in [3.8, 4) is 11.4 Å². The molecule has 1 atom stereocenters. The van der Waals surface area contributed by atoms with Crippen LogP contribution in [0.2, 0.25) is 10.0 Å². The summed E-state index contributed by atoms with van der Waals surface area (Å²) in [7, 11) is 0. The molecule has 1 aliphatic rings. The highest BCUT2D eigenvalue weighted by Crippen LogP contribution is 2.31. The smallest absolute Gasteiger partial charge is 0.322 e. The standard InChI is InChI=1S/C20H17Cl2FN4O2/c1-11(28)27-5-4-18(17-3-2-16(23)8-13(17)10-27)24-20-25-19(26-29-20)12-6-14(21)9-15(22)7-12/h2-3,6-9,18H,4-5,10H2,1H3,(H,24,25,26). The van der Waals surface area contributed by atoms with E-state index in [1.807, 2.05) is 0 Å². The molecule has 3 aromatic rings. The summed E-state index contributed by atoms with van der Waals surface area (Å²) in [6.45, 7) is 2.39. The first-order chi connectivity index (χ1) is 13.9. The third kappa shape index (κ3) is 4.36. The molecule has 0 spiro atoms. The van der Waals surface area contributed by atoms with E-state index in [1.54, 1.807) is 29.2 Å². The van der Waals surface area contributed by atoms with Gasteiger partial charge in [-0.15, -0.1) is 0 Å². The van der Waals surface area contributed by atoms with E-state index in [-0.39, 0.29) is 23.8 Å². The Morgan fingerprint density at radius 2 is 2.00 bits per heavy atom. The highest BCUT2D eigenvalue weighted by molar-refractivity contribution is 6.35. The van der Waals surface area contributed by atoms with Crippen molar-refractivity contribution in [1.29, 1.82) is 0 Å². The monoisotopic (exact) mass is 434 g/mol. The lowest BCUT2D eigenvalue weighted by atomic mass is 9.99. The normalized spacial score (nSPS) is 16.3. The summed E-state index contributed by atoms with van der Waals surface area (Å²) in [5.74, 6) is -0.0557. The minimum Gasteiger partial charge on any atom is -0.339 e. The largest absolute Gasteiger partial charge is 0.339 e. The van der Waals surface area contributed by atoms with Crippen LogP contribution in [0.15, 0.2) is 40.9 Å². The summed E-state index contributed by atoms with van der Waals surface area (Å²) in [6, 6.07) is 9.59. The van der Waals surface area contributed by atoms with E-state index in [0.29, 0.717) is 40.9 Å². The maximum Gasteiger partial charge on any atom is 0.322 e. The molecular weight excluding hydrogens is 418 g/mol. The number of anilines is 1. The number of hydrogen-bond donors (Lipinski definition) is 1. The number of amides is 1. The van der Waals surface area contributed by atoms with E-state index in [1.165, 1.54) is 19.1 Å². The molecule has 0 saturated carbocycles. The topological polar surface area (TPSA) is 71.3 Å². The Morgan fingerprint density at radius 3 is 2.72 bits per heavy atom. The van der Waals surface area contributed by atoms with Crippen molar-refractivity contribution in [3.05, 3.63) is 63.4 Å². The first kappa shape index (κ1) is 19.7. The van der Waals surface area contributed by atoms with Gasteiger partial charge in [-0.25, -0.2) is 4.39 Å². The Labute approximate surface area is 176 Å². The molecule has 29 heavy (non-hydrogen) atoms. The number of rotatable bonds is 3. The zero-order chi connectivity index (χ0) is 20.5. The van der Waals surface area contributed by atoms with Gasteiger partial charge in [0.15, 0.2) is 0 Å². The van der Waals surface area contributed by atoms with Crippen LogP contribution in [0.1, 0.15) is 30.5 Å². The summed E-state index contributed by atoms with van der Waals surface area (Å²) in [5, 5.41) is 8.13. The summed E-state index contributed by atoms with van der Waals surface area (Å²) < 4.78 is 19.1. The number of benzene rings is 2. The fourth-order valence-electron chi connectivity index (χ4n) is 3.43. The number of fused-ring (bicyclic) bond motifs is 1. The van der Waals surface area contributed by atoms with Crippen LogP contribution in [-0.2, 0) is 11.3 Å². The van der Waals surface area contributed by atoms with Crippen LogP contribution in [0, 0.1) is 5.82 Å². The van der Waals surface area contributed by atoms with Gasteiger partial charge in [0.25, 0.3) is 0 Å². The number of nitrogens with zero attached hydrogens (tertiary/aromatic N) is 3. The van der Waals surface area contributed by atoms with Crippen molar-refractivity contribution in [2.45, 2.75) is 25.9 Å². The van der Waals surface area contributed by atoms with Crippen molar-refractivity contribution in [2.75, 3.05) is 11.9 Å². The lowest BCUT2D eigenvalue weighted by Crippen LogP contribution is -2.28. The van der Waals surface area contributed by atoms with Crippen LogP contribution in [0.5, 0.6) is 0 Å². The van der Waals surface area contributed by atoms with Crippen LogP contribution in [-0.4, -0.2) is 27.5 Å². The minimum atomic E-state index is -0.342. The third-order valence-electron chi connectivity index (χ3n) is 4.82. The third-order valence-corrected chi connectivity index (χ3v) is 5.26. The van der Waals surface area contributed by atoms with Gasteiger partial charge < -0.3 is 14.7 Å². The zero-order valence-corrected chi connectivity index (χ0v) is 17.0. The predicted molar refractivity (Wildman–Crippen MR) is 108 cm³/mol. The van der Waals surface area contributed by atoms with Crippen LogP contribution in [0.3, 0.4) is 0 Å². The molecule has 1 unspecified atom stereocenters. The molecule has 150 valence electrons. The minimum absolute atomic E-state index is 0.0567. The second-order valence-corrected chi connectivity index (χ2v) is 7.72. The molecule has 1 aromatic heterocycles. The molecule has 9 heteroatoms. The summed E-state index contributed by atoms with van der Waals surface area (Å²) in [5.41, 5.74) is 2.27.